The van der Waals surface area contributed by atoms with Crippen LogP contribution in [0.5, 0.6) is 0 Å². The fourth-order valence-corrected chi connectivity index (χ4v) is 1.98. The van der Waals surface area contributed by atoms with Gasteiger partial charge in [-0.3, -0.25) is 14.9 Å². The SMILES string of the molecule is COCCn1cc(-c2ccc(F)cc2F)cc([N+](=O)[O-])c1=O. The lowest BCUT2D eigenvalue weighted by Gasteiger charge is -2.09. The van der Waals surface area contributed by atoms with Gasteiger partial charge in [-0.15, -0.1) is 0 Å². The van der Waals surface area contributed by atoms with Crippen LogP contribution >= 0.6 is 0 Å². The Bertz CT molecular complexity index is 774. The molecule has 0 N–H and O–H groups in total. The van der Waals surface area contributed by atoms with Crippen LogP contribution in [0.15, 0.2) is 35.3 Å². The number of nitro groups is 1. The van der Waals surface area contributed by atoms with Crippen molar-refractivity contribution in [1.29, 1.82) is 0 Å². The summed E-state index contributed by atoms with van der Waals surface area (Å²) in [7, 11) is 1.42. The summed E-state index contributed by atoms with van der Waals surface area (Å²) in [5.74, 6) is -1.63. The minimum atomic E-state index is -0.869. The van der Waals surface area contributed by atoms with Crippen molar-refractivity contribution < 1.29 is 18.4 Å². The Hall–Kier alpha value is -2.61. The lowest BCUT2D eigenvalue weighted by Crippen LogP contribution is -2.24. The first kappa shape index (κ1) is 15.8. The Balaban J connectivity index is 2.62. The van der Waals surface area contributed by atoms with E-state index in [9.17, 15) is 23.7 Å². The first-order valence-electron chi connectivity index (χ1n) is 6.27. The molecule has 6 nitrogen and oxygen atoms in total. The van der Waals surface area contributed by atoms with Crippen LogP contribution in [0.25, 0.3) is 11.1 Å². The van der Waals surface area contributed by atoms with Gasteiger partial charge in [0.05, 0.1) is 11.5 Å². The van der Waals surface area contributed by atoms with Gasteiger partial charge in [-0.25, -0.2) is 8.78 Å². The van der Waals surface area contributed by atoms with Crippen LogP contribution < -0.4 is 5.56 Å². The van der Waals surface area contributed by atoms with Gasteiger partial charge in [0.25, 0.3) is 0 Å². The zero-order valence-electron chi connectivity index (χ0n) is 11.6. The van der Waals surface area contributed by atoms with Crippen LogP contribution in [0, 0.1) is 21.7 Å². The molecule has 1 heterocycles. The number of rotatable bonds is 5. The molecule has 2 rings (SSSR count). The normalized spacial score (nSPS) is 10.7. The van der Waals surface area contributed by atoms with Crippen LogP contribution in [-0.4, -0.2) is 23.2 Å². The minimum absolute atomic E-state index is 0.0318. The second kappa shape index (κ2) is 6.44. The molecule has 0 fully saturated rings. The maximum atomic E-state index is 13.8. The molecule has 0 aliphatic carbocycles. The van der Waals surface area contributed by atoms with Gasteiger partial charge in [0.2, 0.25) is 0 Å². The van der Waals surface area contributed by atoms with Crippen molar-refractivity contribution in [3.8, 4) is 11.1 Å². The maximum Gasteiger partial charge on any atom is 0.334 e. The van der Waals surface area contributed by atoms with E-state index in [-0.39, 0.29) is 24.3 Å². The van der Waals surface area contributed by atoms with Crippen LogP contribution in [0.1, 0.15) is 0 Å². The number of pyridine rings is 1. The Kier molecular flexibility index (Phi) is 4.62. The number of halogens is 2. The molecule has 1 aromatic heterocycles. The summed E-state index contributed by atoms with van der Waals surface area (Å²) < 4.78 is 32.7. The van der Waals surface area contributed by atoms with Crippen molar-refractivity contribution in [1.82, 2.24) is 4.57 Å². The van der Waals surface area contributed by atoms with E-state index in [2.05, 4.69) is 0 Å². The van der Waals surface area contributed by atoms with E-state index in [1.807, 2.05) is 0 Å². The standard InChI is InChI=1S/C14H12F2N2O4/c1-22-5-4-17-8-9(6-13(14(17)19)18(20)21)11-3-2-10(15)7-12(11)16/h2-3,6-8H,4-5H2,1H3. The summed E-state index contributed by atoms with van der Waals surface area (Å²) in [6, 6.07) is 3.84. The zero-order valence-corrected chi connectivity index (χ0v) is 11.6. The predicted molar refractivity (Wildman–Crippen MR) is 74.6 cm³/mol. The molecule has 0 aliphatic heterocycles. The summed E-state index contributed by atoms with van der Waals surface area (Å²) in [6.45, 7) is 0.235. The van der Waals surface area contributed by atoms with Crippen molar-refractivity contribution in [2.75, 3.05) is 13.7 Å². The second-order valence-electron chi connectivity index (χ2n) is 4.49. The van der Waals surface area contributed by atoms with E-state index in [0.29, 0.717) is 6.07 Å². The van der Waals surface area contributed by atoms with Gasteiger partial charge in [-0.2, -0.15) is 0 Å². The number of nitrogens with zero attached hydrogens (tertiary/aromatic N) is 2. The van der Waals surface area contributed by atoms with Crippen LogP contribution in [-0.2, 0) is 11.3 Å². The molecule has 0 saturated heterocycles. The third kappa shape index (κ3) is 3.17. The van der Waals surface area contributed by atoms with E-state index in [1.54, 1.807) is 0 Å². The summed E-state index contributed by atoms with van der Waals surface area (Å²) in [6.07, 6.45) is 1.28. The smallest absolute Gasteiger partial charge is 0.334 e. The zero-order chi connectivity index (χ0) is 16.3. The van der Waals surface area contributed by atoms with Crippen molar-refractivity contribution in [3.63, 3.8) is 0 Å². The molecule has 116 valence electrons. The Morgan fingerprint density at radius 2 is 2.05 bits per heavy atom. The molecule has 22 heavy (non-hydrogen) atoms. The first-order chi connectivity index (χ1) is 10.4. The largest absolute Gasteiger partial charge is 0.383 e. The highest BCUT2D eigenvalue weighted by atomic mass is 19.1. The number of methoxy groups -OCH3 is 1. The van der Waals surface area contributed by atoms with E-state index >= 15 is 0 Å². The number of aromatic nitrogens is 1. The van der Waals surface area contributed by atoms with E-state index < -0.39 is 27.8 Å². The van der Waals surface area contributed by atoms with Gasteiger partial charge in [0, 0.05) is 43.1 Å². The molecule has 0 amide bonds. The lowest BCUT2D eigenvalue weighted by atomic mass is 10.1. The molecular weight excluding hydrogens is 298 g/mol. The summed E-state index contributed by atoms with van der Waals surface area (Å²) in [5, 5.41) is 11.0. The van der Waals surface area contributed by atoms with Gasteiger partial charge >= 0.3 is 11.2 Å². The van der Waals surface area contributed by atoms with Gasteiger partial charge in [-0.1, -0.05) is 0 Å². The molecule has 0 unspecified atom stereocenters. The highest BCUT2D eigenvalue weighted by Gasteiger charge is 2.18. The van der Waals surface area contributed by atoms with Crippen LogP contribution in [0.2, 0.25) is 0 Å². The van der Waals surface area contributed by atoms with E-state index in [4.69, 9.17) is 4.74 Å². The van der Waals surface area contributed by atoms with Gasteiger partial charge in [0.1, 0.15) is 11.6 Å². The quantitative estimate of drug-likeness (QED) is 0.627. The molecule has 0 aliphatic rings. The minimum Gasteiger partial charge on any atom is -0.383 e. The summed E-state index contributed by atoms with van der Waals surface area (Å²) in [4.78, 5) is 22.1. The fourth-order valence-electron chi connectivity index (χ4n) is 1.98. The average Bonchev–Trinajstić information content (AvgIpc) is 2.46. The molecule has 8 heteroatoms. The first-order valence-corrected chi connectivity index (χ1v) is 6.27. The molecule has 0 atom stereocenters. The van der Waals surface area contributed by atoms with Crippen LogP contribution in [0.4, 0.5) is 14.5 Å². The predicted octanol–water partition coefficient (Wildman–Crippen LogP) is 2.35. The van der Waals surface area contributed by atoms with Crippen molar-refractivity contribution >= 4 is 5.69 Å². The topological polar surface area (TPSA) is 74.4 Å². The van der Waals surface area contributed by atoms with Gasteiger partial charge < -0.3 is 9.30 Å². The van der Waals surface area contributed by atoms with Gasteiger partial charge in [-0.05, 0) is 12.1 Å². The number of ether oxygens (including phenoxy) is 1. The number of benzene rings is 1. The fraction of sp³-hybridized carbons (Fsp3) is 0.214. The molecule has 0 radical (unpaired) electrons. The lowest BCUT2D eigenvalue weighted by molar-refractivity contribution is -0.386. The molecule has 2 aromatic rings. The van der Waals surface area contributed by atoms with E-state index in [1.165, 1.54) is 13.3 Å². The van der Waals surface area contributed by atoms with E-state index in [0.717, 1.165) is 22.8 Å². The third-order valence-corrected chi connectivity index (χ3v) is 3.04. The Morgan fingerprint density at radius 3 is 2.64 bits per heavy atom. The second-order valence-corrected chi connectivity index (χ2v) is 4.49. The van der Waals surface area contributed by atoms with Crippen LogP contribution in [0.3, 0.4) is 0 Å². The maximum absolute atomic E-state index is 13.8. The molecule has 0 bridgehead atoms. The number of hydrogen-bond donors (Lipinski definition) is 0. The summed E-state index contributed by atoms with van der Waals surface area (Å²) >= 11 is 0. The van der Waals surface area contributed by atoms with Gasteiger partial charge in [0.15, 0.2) is 0 Å². The molecular formula is C14H12F2N2O4. The average molecular weight is 310 g/mol. The molecule has 1 aromatic carbocycles. The highest BCUT2D eigenvalue weighted by molar-refractivity contribution is 5.65. The monoisotopic (exact) mass is 310 g/mol. The third-order valence-electron chi connectivity index (χ3n) is 3.04. The van der Waals surface area contributed by atoms with Crippen molar-refractivity contribution in [3.05, 3.63) is 62.6 Å². The highest BCUT2D eigenvalue weighted by Crippen LogP contribution is 2.25. The van der Waals surface area contributed by atoms with Crippen molar-refractivity contribution in [2.45, 2.75) is 6.54 Å². The number of hydrogen-bond acceptors (Lipinski definition) is 4. The molecule has 0 spiro atoms. The van der Waals surface area contributed by atoms with Crippen molar-refractivity contribution in [2.24, 2.45) is 0 Å². The Labute approximate surface area is 123 Å². The Morgan fingerprint density at radius 1 is 1.32 bits per heavy atom. The molecule has 0 saturated carbocycles. The summed E-state index contributed by atoms with van der Waals surface area (Å²) in [5.41, 5.74) is -1.42.